The molecule has 126 valence electrons. The number of carbonyl (C=O) groups is 1. The first kappa shape index (κ1) is 16.8. The van der Waals surface area contributed by atoms with Crippen LogP contribution in [-0.4, -0.2) is 20.9 Å². The van der Waals surface area contributed by atoms with Gasteiger partial charge in [-0.15, -0.1) is 0 Å². The van der Waals surface area contributed by atoms with E-state index in [0.717, 1.165) is 22.5 Å². The maximum Gasteiger partial charge on any atom is 0.371 e. The molecule has 2 heterocycles. The van der Waals surface area contributed by atoms with Gasteiger partial charge in [0.25, 0.3) is 0 Å². The summed E-state index contributed by atoms with van der Waals surface area (Å²) in [5.74, 6) is -0.699. The van der Waals surface area contributed by atoms with Crippen LogP contribution in [0.2, 0.25) is 5.02 Å². The van der Waals surface area contributed by atoms with Crippen molar-refractivity contribution in [3.05, 3.63) is 63.8 Å². The molecule has 2 aromatic heterocycles. The maximum absolute atomic E-state index is 10.9. The summed E-state index contributed by atoms with van der Waals surface area (Å²) in [6, 6.07) is 10.3. The Bertz CT molecular complexity index is 1010. The molecule has 0 amide bonds. The number of carboxylic acids is 1. The molecule has 1 N–H and O–H groups in total. The first-order valence-electron chi connectivity index (χ1n) is 7.46. The summed E-state index contributed by atoms with van der Waals surface area (Å²) < 4.78 is 7.04. The molecule has 0 aliphatic rings. The molecule has 3 aromatic rings. The van der Waals surface area contributed by atoms with Crippen molar-refractivity contribution >= 4 is 17.6 Å². The van der Waals surface area contributed by atoms with Crippen molar-refractivity contribution in [2.75, 3.05) is 0 Å². The standard InChI is InChI=1S/C18H14ClN3O3/c1-10-17(12-3-4-13(8-20)15(19)7-12)11(2)22(21-10)9-14-5-6-16(25-14)18(23)24/h3-7H,9H2,1-2H3,(H,23,24). The second-order valence-corrected chi connectivity index (χ2v) is 5.99. The third-order valence-corrected chi connectivity index (χ3v) is 4.25. The lowest BCUT2D eigenvalue weighted by atomic mass is 10.0. The van der Waals surface area contributed by atoms with Gasteiger partial charge in [-0.2, -0.15) is 10.4 Å². The molecule has 0 aliphatic carbocycles. The van der Waals surface area contributed by atoms with Gasteiger partial charge in [0.2, 0.25) is 5.76 Å². The Morgan fingerprint density at radius 1 is 1.36 bits per heavy atom. The van der Waals surface area contributed by atoms with Crippen molar-refractivity contribution in [2.24, 2.45) is 0 Å². The van der Waals surface area contributed by atoms with E-state index in [0.29, 0.717) is 22.9 Å². The van der Waals surface area contributed by atoms with E-state index in [1.54, 1.807) is 22.9 Å². The summed E-state index contributed by atoms with van der Waals surface area (Å²) >= 11 is 6.13. The Kier molecular flexibility index (Phi) is 4.34. The average Bonchev–Trinajstić information content (AvgIpc) is 3.13. The molecule has 0 saturated carbocycles. The van der Waals surface area contributed by atoms with Crippen molar-refractivity contribution in [3.63, 3.8) is 0 Å². The zero-order valence-corrected chi connectivity index (χ0v) is 14.3. The van der Waals surface area contributed by atoms with Gasteiger partial charge in [-0.3, -0.25) is 4.68 Å². The second kappa shape index (κ2) is 6.46. The third kappa shape index (κ3) is 3.14. The number of hydrogen-bond donors (Lipinski definition) is 1. The molecule has 25 heavy (non-hydrogen) atoms. The zero-order valence-electron chi connectivity index (χ0n) is 13.6. The first-order valence-corrected chi connectivity index (χ1v) is 7.84. The van der Waals surface area contributed by atoms with E-state index in [9.17, 15) is 4.79 Å². The summed E-state index contributed by atoms with van der Waals surface area (Å²) in [7, 11) is 0. The Labute approximate surface area is 148 Å². The Hall–Kier alpha value is -3.04. The number of nitrogens with zero attached hydrogens (tertiary/aromatic N) is 3. The second-order valence-electron chi connectivity index (χ2n) is 5.58. The predicted molar refractivity (Wildman–Crippen MR) is 91.6 cm³/mol. The van der Waals surface area contributed by atoms with Gasteiger partial charge in [-0.1, -0.05) is 17.7 Å². The van der Waals surface area contributed by atoms with E-state index in [2.05, 4.69) is 5.10 Å². The summed E-state index contributed by atoms with van der Waals surface area (Å²) in [6.07, 6.45) is 0. The molecule has 0 saturated heterocycles. The van der Waals surface area contributed by atoms with Gasteiger partial charge >= 0.3 is 5.97 Å². The van der Waals surface area contributed by atoms with Crippen LogP contribution in [0.4, 0.5) is 0 Å². The van der Waals surface area contributed by atoms with Gasteiger partial charge in [0.1, 0.15) is 11.8 Å². The van der Waals surface area contributed by atoms with Crippen LogP contribution in [-0.2, 0) is 6.54 Å². The average molecular weight is 356 g/mol. The molecule has 7 heteroatoms. The van der Waals surface area contributed by atoms with Crippen LogP contribution in [0.5, 0.6) is 0 Å². The van der Waals surface area contributed by atoms with Crippen LogP contribution in [0.3, 0.4) is 0 Å². The number of rotatable bonds is 4. The minimum atomic E-state index is -1.10. The van der Waals surface area contributed by atoms with Crippen molar-refractivity contribution in [1.29, 1.82) is 5.26 Å². The molecular formula is C18H14ClN3O3. The SMILES string of the molecule is Cc1nn(Cc2ccc(C(=O)O)o2)c(C)c1-c1ccc(C#N)c(Cl)c1. The third-order valence-electron chi connectivity index (χ3n) is 3.94. The Balaban J connectivity index is 1.97. The van der Waals surface area contributed by atoms with E-state index in [-0.39, 0.29) is 5.76 Å². The molecule has 0 unspecified atom stereocenters. The van der Waals surface area contributed by atoms with E-state index in [1.807, 2.05) is 26.0 Å². The van der Waals surface area contributed by atoms with Crippen molar-refractivity contribution in [1.82, 2.24) is 9.78 Å². The summed E-state index contributed by atoms with van der Waals surface area (Å²) in [6.45, 7) is 4.13. The predicted octanol–water partition coefficient (Wildman–Crippen LogP) is 4.03. The molecule has 1 aromatic carbocycles. The molecule has 0 bridgehead atoms. The highest BCUT2D eigenvalue weighted by Gasteiger charge is 2.16. The Morgan fingerprint density at radius 3 is 2.72 bits per heavy atom. The number of furan rings is 1. The highest BCUT2D eigenvalue weighted by molar-refractivity contribution is 6.32. The summed E-state index contributed by atoms with van der Waals surface area (Å²) in [5.41, 5.74) is 3.92. The summed E-state index contributed by atoms with van der Waals surface area (Å²) in [5, 5.41) is 22.8. The van der Waals surface area contributed by atoms with Gasteiger partial charge in [0.15, 0.2) is 0 Å². The lowest BCUT2D eigenvalue weighted by molar-refractivity contribution is 0.0660. The van der Waals surface area contributed by atoms with Crippen LogP contribution in [0, 0.1) is 25.2 Å². The first-order chi connectivity index (χ1) is 11.9. The zero-order chi connectivity index (χ0) is 18.1. The number of aryl methyl sites for hydroxylation is 1. The highest BCUT2D eigenvalue weighted by Crippen LogP contribution is 2.30. The molecule has 0 atom stereocenters. The van der Waals surface area contributed by atoms with Gasteiger partial charge in [-0.25, -0.2) is 4.79 Å². The number of nitriles is 1. The fourth-order valence-electron chi connectivity index (χ4n) is 2.76. The van der Waals surface area contributed by atoms with Crippen molar-refractivity contribution in [2.45, 2.75) is 20.4 Å². The molecule has 0 radical (unpaired) electrons. The number of carboxylic acid groups (broad SMARTS) is 1. The number of halogens is 1. The molecule has 6 nitrogen and oxygen atoms in total. The largest absolute Gasteiger partial charge is 0.475 e. The van der Waals surface area contributed by atoms with Crippen molar-refractivity contribution < 1.29 is 14.3 Å². The lowest BCUT2D eigenvalue weighted by Gasteiger charge is -2.05. The van der Waals surface area contributed by atoms with Crippen LogP contribution < -0.4 is 0 Å². The molecule has 0 fully saturated rings. The lowest BCUT2D eigenvalue weighted by Crippen LogP contribution is -2.03. The van der Waals surface area contributed by atoms with Crippen LogP contribution in [0.1, 0.15) is 33.3 Å². The van der Waals surface area contributed by atoms with Crippen molar-refractivity contribution in [3.8, 4) is 17.2 Å². The van der Waals surface area contributed by atoms with E-state index in [4.69, 9.17) is 26.4 Å². The number of benzene rings is 1. The fraction of sp³-hybridized carbons (Fsp3) is 0.167. The maximum atomic E-state index is 10.9. The molecule has 0 spiro atoms. The monoisotopic (exact) mass is 355 g/mol. The Morgan fingerprint density at radius 2 is 2.12 bits per heavy atom. The summed E-state index contributed by atoms with van der Waals surface area (Å²) in [4.78, 5) is 10.9. The molecule has 3 rings (SSSR count). The number of aromatic nitrogens is 2. The molecular weight excluding hydrogens is 342 g/mol. The van der Waals surface area contributed by atoms with Crippen LogP contribution >= 0.6 is 11.6 Å². The number of aromatic carboxylic acids is 1. The quantitative estimate of drug-likeness (QED) is 0.762. The van der Waals surface area contributed by atoms with E-state index >= 15 is 0 Å². The minimum Gasteiger partial charge on any atom is -0.475 e. The topological polar surface area (TPSA) is 92.1 Å². The number of hydrogen-bond acceptors (Lipinski definition) is 4. The van der Waals surface area contributed by atoms with Crippen LogP contribution in [0.25, 0.3) is 11.1 Å². The van der Waals surface area contributed by atoms with Crippen LogP contribution in [0.15, 0.2) is 34.7 Å². The highest BCUT2D eigenvalue weighted by atomic mass is 35.5. The van der Waals surface area contributed by atoms with Gasteiger partial charge in [0, 0.05) is 11.3 Å². The van der Waals surface area contributed by atoms with Gasteiger partial charge < -0.3 is 9.52 Å². The van der Waals surface area contributed by atoms with Gasteiger partial charge in [-0.05, 0) is 43.7 Å². The fourth-order valence-corrected chi connectivity index (χ4v) is 2.98. The van der Waals surface area contributed by atoms with E-state index in [1.165, 1.54) is 6.07 Å². The molecule has 0 aliphatic heterocycles. The van der Waals surface area contributed by atoms with E-state index < -0.39 is 5.97 Å². The normalized spacial score (nSPS) is 10.6. The smallest absolute Gasteiger partial charge is 0.371 e. The van der Waals surface area contributed by atoms with Gasteiger partial charge in [0.05, 0.1) is 22.8 Å². The minimum absolute atomic E-state index is 0.101.